The highest BCUT2D eigenvalue weighted by Crippen LogP contribution is 2.22. The van der Waals surface area contributed by atoms with E-state index in [1.807, 2.05) is 26.8 Å². The third-order valence-corrected chi connectivity index (χ3v) is 2.12. The van der Waals surface area contributed by atoms with E-state index >= 15 is 0 Å². The van der Waals surface area contributed by atoms with E-state index in [0.717, 1.165) is 5.69 Å². The maximum Gasteiger partial charge on any atom is 0.141 e. The van der Waals surface area contributed by atoms with Gasteiger partial charge in [0, 0.05) is 6.04 Å². The number of hydrogen-bond donors (Lipinski definition) is 0. The van der Waals surface area contributed by atoms with Crippen LogP contribution in [-0.4, -0.2) is 16.9 Å². The van der Waals surface area contributed by atoms with Gasteiger partial charge in [0.15, 0.2) is 0 Å². The lowest BCUT2D eigenvalue weighted by Gasteiger charge is -2.12. The molecule has 0 aromatic carbocycles. The van der Waals surface area contributed by atoms with Crippen LogP contribution in [-0.2, 0) is 4.74 Å². The molecule has 0 saturated heterocycles. The molecular weight excluding hydrogens is 190 g/mol. The van der Waals surface area contributed by atoms with Crippen molar-refractivity contribution in [2.75, 3.05) is 7.11 Å². The van der Waals surface area contributed by atoms with E-state index < -0.39 is 0 Å². The Kier molecular flexibility index (Phi) is 3.51. The molecular formula is C11H15N3O. The van der Waals surface area contributed by atoms with Crippen LogP contribution in [0.15, 0.2) is 12.3 Å². The summed E-state index contributed by atoms with van der Waals surface area (Å²) in [6.07, 6.45) is 3.40. The number of nitrogens with zero attached hydrogens (tertiary/aromatic N) is 3. The van der Waals surface area contributed by atoms with Gasteiger partial charge in [-0.1, -0.05) is 0 Å². The number of ether oxygens (including phenoxy) is 1. The van der Waals surface area contributed by atoms with Gasteiger partial charge in [0.2, 0.25) is 0 Å². The van der Waals surface area contributed by atoms with Crippen molar-refractivity contribution in [2.45, 2.75) is 26.8 Å². The highest BCUT2D eigenvalue weighted by molar-refractivity contribution is 5.62. The average molecular weight is 205 g/mol. The second kappa shape index (κ2) is 4.65. The molecule has 1 rings (SSSR count). The number of allylic oxidation sites excluding steroid dienone is 1. The largest absolute Gasteiger partial charge is 0.495 e. The van der Waals surface area contributed by atoms with Gasteiger partial charge in [-0.25, -0.2) is 0 Å². The van der Waals surface area contributed by atoms with Gasteiger partial charge in [0.05, 0.1) is 13.3 Å². The van der Waals surface area contributed by atoms with Crippen LogP contribution in [0.25, 0.3) is 5.76 Å². The molecule has 80 valence electrons. The minimum Gasteiger partial charge on any atom is -0.495 e. The molecule has 4 heteroatoms. The van der Waals surface area contributed by atoms with E-state index in [1.54, 1.807) is 18.0 Å². The summed E-state index contributed by atoms with van der Waals surface area (Å²) in [6, 6.07) is 2.32. The fraction of sp³-hybridized carbons (Fsp3) is 0.455. The van der Waals surface area contributed by atoms with Crippen LogP contribution >= 0.6 is 0 Å². The van der Waals surface area contributed by atoms with E-state index in [4.69, 9.17) is 10.00 Å². The highest BCUT2D eigenvalue weighted by Gasteiger charge is 2.16. The molecule has 1 aromatic heterocycles. The Balaban J connectivity index is 3.35. The predicted molar refractivity (Wildman–Crippen MR) is 58.0 cm³/mol. The maximum atomic E-state index is 8.97. The molecule has 15 heavy (non-hydrogen) atoms. The predicted octanol–water partition coefficient (Wildman–Crippen LogP) is 2.34. The summed E-state index contributed by atoms with van der Waals surface area (Å²) in [5, 5.41) is 13.1. The van der Waals surface area contributed by atoms with Crippen molar-refractivity contribution < 1.29 is 4.74 Å². The number of hydrogen-bond acceptors (Lipinski definition) is 3. The van der Waals surface area contributed by atoms with Gasteiger partial charge in [-0.3, -0.25) is 4.68 Å². The molecule has 0 bridgehead atoms. The first-order valence-electron chi connectivity index (χ1n) is 4.84. The summed E-state index contributed by atoms with van der Waals surface area (Å²) in [4.78, 5) is 0. The lowest BCUT2D eigenvalue weighted by molar-refractivity contribution is 0.360. The van der Waals surface area contributed by atoms with Crippen molar-refractivity contribution in [1.82, 2.24) is 9.78 Å². The van der Waals surface area contributed by atoms with Crippen molar-refractivity contribution in [3.05, 3.63) is 23.5 Å². The van der Waals surface area contributed by atoms with Crippen LogP contribution in [0.3, 0.4) is 0 Å². The smallest absolute Gasteiger partial charge is 0.141 e. The van der Waals surface area contributed by atoms with Crippen LogP contribution in [0.1, 0.15) is 38.1 Å². The topological polar surface area (TPSA) is 50.8 Å². The summed E-state index contributed by atoms with van der Waals surface area (Å²) in [6.45, 7) is 5.90. The normalized spacial score (nSPS) is 11.6. The Labute approximate surface area is 89.8 Å². The van der Waals surface area contributed by atoms with Gasteiger partial charge in [0.25, 0.3) is 0 Å². The van der Waals surface area contributed by atoms with Crippen LogP contribution in [0.5, 0.6) is 0 Å². The molecule has 0 N–H and O–H groups in total. The number of nitriles is 1. The van der Waals surface area contributed by atoms with Gasteiger partial charge in [-0.05, 0) is 26.8 Å². The molecule has 0 radical (unpaired) electrons. The number of rotatable bonds is 3. The summed E-state index contributed by atoms with van der Waals surface area (Å²) in [7, 11) is 1.59. The van der Waals surface area contributed by atoms with Crippen molar-refractivity contribution in [2.24, 2.45) is 0 Å². The van der Waals surface area contributed by atoms with Crippen LogP contribution in [0, 0.1) is 11.3 Å². The average Bonchev–Trinajstić information content (AvgIpc) is 2.64. The second-order valence-electron chi connectivity index (χ2n) is 3.41. The molecule has 0 fully saturated rings. The van der Waals surface area contributed by atoms with Crippen LogP contribution < -0.4 is 0 Å². The van der Waals surface area contributed by atoms with Crippen LogP contribution in [0.2, 0.25) is 0 Å². The Morgan fingerprint density at radius 1 is 1.67 bits per heavy atom. The van der Waals surface area contributed by atoms with E-state index in [-0.39, 0.29) is 6.04 Å². The minimum absolute atomic E-state index is 0.201. The van der Waals surface area contributed by atoms with Gasteiger partial charge in [-0.2, -0.15) is 10.4 Å². The molecule has 1 heterocycles. The van der Waals surface area contributed by atoms with Crippen molar-refractivity contribution in [3.8, 4) is 6.07 Å². The Bertz CT molecular complexity index is 410. The van der Waals surface area contributed by atoms with Gasteiger partial charge < -0.3 is 4.74 Å². The Morgan fingerprint density at radius 3 is 2.73 bits per heavy atom. The summed E-state index contributed by atoms with van der Waals surface area (Å²) in [5.41, 5.74) is 1.29. The SMILES string of the molecule is C/C=C(/OC)c1c(C#N)cnn1C(C)C. The zero-order chi connectivity index (χ0) is 11.4. The molecule has 0 aliphatic heterocycles. The molecule has 1 aromatic rings. The minimum atomic E-state index is 0.201. The first-order valence-corrected chi connectivity index (χ1v) is 4.84. The zero-order valence-corrected chi connectivity index (χ0v) is 9.48. The highest BCUT2D eigenvalue weighted by atomic mass is 16.5. The van der Waals surface area contributed by atoms with Crippen molar-refractivity contribution >= 4 is 5.76 Å². The summed E-state index contributed by atoms with van der Waals surface area (Å²) >= 11 is 0. The monoisotopic (exact) mass is 205 g/mol. The fourth-order valence-electron chi connectivity index (χ4n) is 1.43. The molecule has 0 unspecified atom stereocenters. The molecule has 0 aliphatic carbocycles. The van der Waals surface area contributed by atoms with Gasteiger partial charge in [0.1, 0.15) is 23.1 Å². The molecule has 0 spiro atoms. The third kappa shape index (κ3) is 2.01. The van der Waals surface area contributed by atoms with Gasteiger partial charge in [-0.15, -0.1) is 0 Å². The van der Waals surface area contributed by atoms with Crippen molar-refractivity contribution in [1.29, 1.82) is 5.26 Å². The summed E-state index contributed by atoms with van der Waals surface area (Å²) in [5.74, 6) is 0.678. The molecule has 0 amide bonds. The summed E-state index contributed by atoms with van der Waals surface area (Å²) < 4.78 is 7.02. The molecule has 4 nitrogen and oxygen atoms in total. The number of aromatic nitrogens is 2. The lowest BCUT2D eigenvalue weighted by Crippen LogP contribution is -2.08. The molecule has 0 atom stereocenters. The molecule has 0 aliphatic rings. The first-order chi connectivity index (χ1) is 7.15. The lowest BCUT2D eigenvalue weighted by atomic mass is 10.2. The third-order valence-electron chi connectivity index (χ3n) is 2.12. The zero-order valence-electron chi connectivity index (χ0n) is 9.48. The fourth-order valence-corrected chi connectivity index (χ4v) is 1.43. The van der Waals surface area contributed by atoms with E-state index in [1.165, 1.54) is 0 Å². The Morgan fingerprint density at radius 2 is 2.33 bits per heavy atom. The standard InChI is InChI=1S/C11H15N3O/c1-5-10(15-4)11-9(6-12)7-13-14(11)8(2)3/h5,7-8H,1-4H3/b10-5+. The van der Waals surface area contributed by atoms with Crippen molar-refractivity contribution in [3.63, 3.8) is 0 Å². The van der Waals surface area contributed by atoms with Gasteiger partial charge >= 0.3 is 0 Å². The Hall–Kier alpha value is -1.76. The maximum absolute atomic E-state index is 8.97. The van der Waals surface area contributed by atoms with E-state index in [2.05, 4.69) is 11.2 Å². The second-order valence-corrected chi connectivity index (χ2v) is 3.41. The van der Waals surface area contributed by atoms with E-state index in [0.29, 0.717) is 11.3 Å². The number of methoxy groups -OCH3 is 1. The molecule has 0 saturated carbocycles. The first kappa shape index (κ1) is 11.3. The van der Waals surface area contributed by atoms with Crippen LogP contribution in [0.4, 0.5) is 0 Å². The quantitative estimate of drug-likeness (QED) is 0.712. The van der Waals surface area contributed by atoms with E-state index in [9.17, 15) is 0 Å².